The first-order chi connectivity index (χ1) is 11.9. The molecule has 146 valence electrons. The molecule has 6 heteroatoms. The van der Waals surface area contributed by atoms with Crippen molar-refractivity contribution < 1.29 is 4.79 Å². The Balaban J connectivity index is 0.00000338. The standard InChI is InChI=1S/C20H32N4O.HI/c1-5-21-19(22-13-12-20(2,3)4)23-15-16-8-10-17(11-9-16)24-14-6-7-18(24)25;/h8-11H,5-7,12-15H2,1-4H3,(H2,21,22,23);1H. The van der Waals surface area contributed by atoms with E-state index in [2.05, 4.69) is 55.5 Å². The van der Waals surface area contributed by atoms with Crippen LogP contribution in [-0.2, 0) is 11.3 Å². The van der Waals surface area contributed by atoms with Gasteiger partial charge in [0.15, 0.2) is 5.96 Å². The summed E-state index contributed by atoms with van der Waals surface area (Å²) in [6, 6.07) is 8.16. The second-order valence-electron chi connectivity index (χ2n) is 7.75. The molecule has 1 heterocycles. The van der Waals surface area contributed by atoms with Crippen molar-refractivity contribution in [2.75, 3.05) is 24.5 Å². The Morgan fingerprint density at radius 1 is 1.19 bits per heavy atom. The molecule has 1 aliphatic heterocycles. The predicted octanol–water partition coefficient (Wildman–Crippen LogP) is 3.92. The molecular formula is C20H33IN4O. The van der Waals surface area contributed by atoms with Gasteiger partial charge in [0.25, 0.3) is 0 Å². The van der Waals surface area contributed by atoms with Gasteiger partial charge >= 0.3 is 0 Å². The minimum Gasteiger partial charge on any atom is -0.357 e. The molecule has 1 aromatic rings. The van der Waals surface area contributed by atoms with Gasteiger partial charge in [0.2, 0.25) is 5.91 Å². The number of rotatable bonds is 6. The maximum atomic E-state index is 11.8. The van der Waals surface area contributed by atoms with Crippen molar-refractivity contribution in [2.24, 2.45) is 10.4 Å². The van der Waals surface area contributed by atoms with Crippen LogP contribution in [0.15, 0.2) is 29.3 Å². The van der Waals surface area contributed by atoms with Gasteiger partial charge in [0.1, 0.15) is 0 Å². The number of amides is 1. The van der Waals surface area contributed by atoms with Gasteiger partial charge in [-0.15, -0.1) is 24.0 Å². The molecule has 0 spiro atoms. The number of carbonyl (C=O) groups excluding carboxylic acids is 1. The molecule has 1 aliphatic rings. The van der Waals surface area contributed by atoms with Gasteiger partial charge in [-0.1, -0.05) is 32.9 Å². The highest BCUT2D eigenvalue weighted by molar-refractivity contribution is 14.0. The van der Waals surface area contributed by atoms with Gasteiger partial charge in [-0.25, -0.2) is 4.99 Å². The lowest BCUT2D eigenvalue weighted by Gasteiger charge is -2.19. The van der Waals surface area contributed by atoms with Crippen molar-refractivity contribution in [3.05, 3.63) is 29.8 Å². The summed E-state index contributed by atoms with van der Waals surface area (Å²) in [5, 5.41) is 6.68. The fraction of sp³-hybridized carbons (Fsp3) is 0.600. The van der Waals surface area contributed by atoms with Crippen LogP contribution in [0.4, 0.5) is 5.69 Å². The largest absolute Gasteiger partial charge is 0.357 e. The van der Waals surface area contributed by atoms with Gasteiger partial charge in [0, 0.05) is 31.7 Å². The molecule has 0 radical (unpaired) electrons. The number of guanidine groups is 1. The van der Waals surface area contributed by atoms with E-state index in [1.54, 1.807) is 0 Å². The Hall–Kier alpha value is -1.31. The Morgan fingerprint density at radius 2 is 1.88 bits per heavy atom. The summed E-state index contributed by atoms with van der Waals surface area (Å²) >= 11 is 0. The molecule has 0 aromatic heterocycles. The van der Waals surface area contributed by atoms with E-state index in [4.69, 9.17) is 0 Å². The Morgan fingerprint density at radius 3 is 2.42 bits per heavy atom. The highest BCUT2D eigenvalue weighted by atomic mass is 127. The molecule has 0 unspecified atom stereocenters. The number of aliphatic imine (C=N–C) groups is 1. The van der Waals surface area contributed by atoms with Gasteiger partial charge < -0.3 is 15.5 Å². The lowest BCUT2D eigenvalue weighted by atomic mass is 9.92. The summed E-state index contributed by atoms with van der Waals surface area (Å²) in [7, 11) is 0. The minimum atomic E-state index is 0. The van der Waals surface area contributed by atoms with E-state index < -0.39 is 0 Å². The fourth-order valence-corrected chi connectivity index (χ4v) is 2.77. The Kier molecular flexibility index (Phi) is 9.39. The zero-order valence-electron chi connectivity index (χ0n) is 16.5. The van der Waals surface area contributed by atoms with Gasteiger partial charge in [0.05, 0.1) is 6.54 Å². The average molecular weight is 472 g/mol. The molecule has 0 atom stereocenters. The monoisotopic (exact) mass is 472 g/mol. The third-order valence-electron chi connectivity index (χ3n) is 4.25. The van der Waals surface area contributed by atoms with Crippen molar-refractivity contribution in [2.45, 2.75) is 53.5 Å². The maximum Gasteiger partial charge on any atom is 0.227 e. The molecule has 0 saturated carbocycles. The fourth-order valence-electron chi connectivity index (χ4n) is 2.77. The quantitative estimate of drug-likeness (QED) is 0.375. The molecule has 1 amide bonds. The zero-order valence-corrected chi connectivity index (χ0v) is 18.8. The average Bonchev–Trinajstić information content (AvgIpc) is 2.98. The zero-order chi connectivity index (χ0) is 18.3. The second kappa shape index (κ2) is 10.7. The first kappa shape index (κ1) is 22.7. The van der Waals surface area contributed by atoms with Crippen molar-refractivity contribution in [1.29, 1.82) is 0 Å². The highest BCUT2D eigenvalue weighted by Crippen LogP contribution is 2.21. The van der Waals surface area contributed by atoms with Crippen LogP contribution in [0.1, 0.15) is 52.5 Å². The topological polar surface area (TPSA) is 56.7 Å². The number of anilines is 1. The van der Waals surface area contributed by atoms with E-state index >= 15 is 0 Å². The number of hydrogen-bond acceptors (Lipinski definition) is 2. The van der Waals surface area contributed by atoms with Crippen molar-refractivity contribution >= 4 is 41.5 Å². The first-order valence-electron chi connectivity index (χ1n) is 9.30. The molecule has 0 bridgehead atoms. The van der Waals surface area contributed by atoms with Crippen LogP contribution in [-0.4, -0.2) is 31.5 Å². The molecule has 1 fully saturated rings. The van der Waals surface area contributed by atoms with Crippen LogP contribution in [0.5, 0.6) is 0 Å². The minimum absolute atomic E-state index is 0. The lowest BCUT2D eigenvalue weighted by Crippen LogP contribution is -2.38. The summed E-state index contributed by atoms with van der Waals surface area (Å²) in [5.41, 5.74) is 2.45. The summed E-state index contributed by atoms with van der Waals surface area (Å²) in [6.07, 6.45) is 2.71. The Labute approximate surface area is 175 Å². The highest BCUT2D eigenvalue weighted by Gasteiger charge is 2.21. The number of hydrogen-bond donors (Lipinski definition) is 2. The summed E-state index contributed by atoms with van der Waals surface area (Å²) in [4.78, 5) is 18.3. The van der Waals surface area contributed by atoms with E-state index in [0.29, 0.717) is 18.4 Å². The van der Waals surface area contributed by atoms with Gasteiger partial charge in [-0.2, -0.15) is 0 Å². The van der Waals surface area contributed by atoms with Crippen molar-refractivity contribution in [1.82, 2.24) is 10.6 Å². The van der Waals surface area contributed by atoms with E-state index in [1.165, 1.54) is 0 Å². The van der Waals surface area contributed by atoms with Gasteiger partial charge in [-0.3, -0.25) is 4.79 Å². The van der Waals surface area contributed by atoms with Crippen molar-refractivity contribution in [3.8, 4) is 0 Å². The third-order valence-corrected chi connectivity index (χ3v) is 4.25. The molecule has 5 nitrogen and oxygen atoms in total. The third kappa shape index (κ3) is 7.51. The second-order valence-corrected chi connectivity index (χ2v) is 7.75. The molecule has 2 N–H and O–H groups in total. The number of nitrogens with zero attached hydrogens (tertiary/aromatic N) is 2. The molecule has 1 aromatic carbocycles. The molecule has 26 heavy (non-hydrogen) atoms. The van der Waals surface area contributed by atoms with Crippen LogP contribution in [0.3, 0.4) is 0 Å². The molecule has 0 aliphatic carbocycles. The predicted molar refractivity (Wildman–Crippen MR) is 120 cm³/mol. The van der Waals surface area contributed by atoms with Crippen LogP contribution in [0.25, 0.3) is 0 Å². The first-order valence-corrected chi connectivity index (χ1v) is 9.30. The number of halogens is 1. The lowest BCUT2D eigenvalue weighted by molar-refractivity contribution is -0.117. The molecule has 1 saturated heterocycles. The SMILES string of the molecule is CCNC(=NCc1ccc(N2CCCC2=O)cc1)NCCC(C)(C)C.I. The maximum absolute atomic E-state index is 11.8. The van der Waals surface area contributed by atoms with E-state index in [-0.39, 0.29) is 29.9 Å². The van der Waals surface area contributed by atoms with E-state index in [1.807, 2.05) is 17.0 Å². The van der Waals surface area contributed by atoms with Gasteiger partial charge in [-0.05, 0) is 42.9 Å². The smallest absolute Gasteiger partial charge is 0.227 e. The number of carbonyl (C=O) groups is 1. The van der Waals surface area contributed by atoms with E-state index in [0.717, 1.165) is 49.7 Å². The van der Waals surface area contributed by atoms with Crippen LogP contribution >= 0.6 is 24.0 Å². The Bertz CT molecular complexity index is 593. The molecular weight excluding hydrogens is 439 g/mol. The van der Waals surface area contributed by atoms with Crippen molar-refractivity contribution in [3.63, 3.8) is 0 Å². The summed E-state index contributed by atoms with van der Waals surface area (Å²) in [5.74, 6) is 1.08. The summed E-state index contributed by atoms with van der Waals surface area (Å²) in [6.45, 7) is 12.0. The molecule has 2 rings (SSSR count). The van der Waals surface area contributed by atoms with Crippen LogP contribution < -0.4 is 15.5 Å². The normalized spacial score (nSPS) is 15.0. The number of nitrogens with one attached hydrogen (secondary N) is 2. The van der Waals surface area contributed by atoms with E-state index in [9.17, 15) is 4.79 Å². The van der Waals surface area contributed by atoms with Crippen LogP contribution in [0, 0.1) is 5.41 Å². The van der Waals surface area contributed by atoms with Crippen LogP contribution in [0.2, 0.25) is 0 Å². The number of benzene rings is 1. The summed E-state index contributed by atoms with van der Waals surface area (Å²) < 4.78 is 0.